The molecule has 1 aromatic heterocycles. The molecule has 2 atom stereocenters. The number of hydrogen-bond acceptors (Lipinski definition) is 3. The molecule has 2 N–H and O–H groups in total. The highest BCUT2D eigenvalue weighted by Crippen LogP contribution is 2.28. The van der Waals surface area contributed by atoms with Gasteiger partial charge < -0.3 is 15.0 Å². The number of hydrogen-bond donors (Lipinski definition) is 1. The number of rotatable bonds is 3. The lowest BCUT2D eigenvalue weighted by molar-refractivity contribution is 0.180. The molecule has 0 aliphatic carbocycles. The first-order valence-electron chi connectivity index (χ1n) is 6.58. The predicted molar refractivity (Wildman–Crippen MR) is 69.3 cm³/mol. The van der Waals surface area contributed by atoms with Gasteiger partial charge in [0, 0.05) is 24.7 Å². The Balaban J connectivity index is 1.98. The minimum Gasteiger partial charge on any atom is -0.381 e. The second-order valence-electron chi connectivity index (χ2n) is 5.06. The van der Waals surface area contributed by atoms with E-state index in [0.29, 0.717) is 18.9 Å². The van der Waals surface area contributed by atoms with Crippen molar-refractivity contribution in [1.82, 2.24) is 9.55 Å². The van der Waals surface area contributed by atoms with Gasteiger partial charge in [0.2, 0.25) is 0 Å². The molecular weight excluding hydrogens is 283 g/mol. The normalized spacial score (nSPS) is 19.9. The van der Waals surface area contributed by atoms with Crippen molar-refractivity contribution in [2.45, 2.75) is 12.5 Å². The van der Waals surface area contributed by atoms with Crippen LogP contribution in [-0.2, 0) is 4.74 Å². The maximum absolute atomic E-state index is 13.4. The molecule has 0 saturated carbocycles. The summed E-state index contributed by atoms with van der Waals surface area (Å²) in [5.41, 5.74) is 6.94. The standard InChI is InChI=1S/C14H14F3N3O/c15-10-3-9(4-11(16)13(10)17)20-7-19-5-12(20)14(18)8-1-2-21-6-8/h3-5,7-8,14H,1-2,6,18H2. The number of aromatic nitrogens is 2. The van der Waals surface area contributed by atoms with Gasteiger partial charge in [-0.05, 0) is 6.42 Å². The first kappa shape index (κ1) is 14.1. The summed E-state index contributed by atoms with van der Waals surface area (Å²) in [4.78, 5) is 3.98. The third kappa shape index (κ3) is 2.54. The molecule has 0 bridgehead atoms. The Kier molecular flexibility index (Phi) is 3.69. The Morgan fingerprint density at radius 2 is 2.00 bits per heavy atom. The fourth-order valence-electron chi connectivity index (χ4n) is 2.53. The largest absolute Gasteiger partial charge is 0.381 e. The zero-order chi connectivity index (χ0) is 15.0. The lowest BCUT2D eigenvalue weighted by atomic mass is 9.97. The van der Waals surface area contributed by atoms with Crippen molar-refractivity contribution in [1.29, 1.82) is 0 Å². The number of benzene rings is 1. The van der Waals surface area contributed by atoms with Gasteiger partial charge in [0.1, 0.15) is 0 Å². The zero-order valence-electron chi connectivity index (χ0n) is 11.1. The quantitative estimate of drug-likeness (QED) is 0.885. The van der Waals surface area contributed by atoms with Crippen LogP contribution in [-0.4, -0.2) is 22.8 Å². The van der Waals surface area contributed by atoms with Crippen LogP contribution in [0, 0.1) is 23.4 Å². The Hall–Kier alpha value is -1.86. The van der Waals surface area contributed by atoms with E-state index in [1.807, 2.05) is 0 Å². The number of halogens is 3. The van der Waals surface area contributed by atoms with Gasteiger partial charge in [-0.25, -0.2) is 18.2 Å². The lowest BCUT2D eigenvalue weighted by Crippen LogP contribution is -2.24. The third-order valence-corrected chi connectivity index (χ3v) is 3.73. The summed E-state index contributed by atoms with van der Waals surface area (Å²) in [7, 11) is 0. The topological polar surface area (TPSA) is 53.1 Å². The Morgan fingerprint density at radius 3 is 2.62 bits per heavy atom. The molecule has 7 heteroatoms. The van der Waals surface area contributed by atoms with Crippen LogP contribution in [0.15, 0.2) is 24.7 Å². The summed E-state index contributed by atoms with van der Waals surface area (Å²) in [6.45, 7) is 1.19. The molecule has 4 nitrogen and oxygen atoms in total. The average Bonchev–Trinajstić information content (AvgIpc) is 3.14. The monoisotopic (exact) mass is 297 g/mol. The molecule has 1 aliphatic heterocycles. The van der Waals surface area contributed by atoms with E-state index in [4.69, 9.17) is 10.5 Å². The maximum atomic E-state index is 13.4. The molecule has 0 radical (unpaired) electrons. The number of nitrogens with two attached hydrogens (primary N) is 1. The molecule has 2 aromatic rings. The molecule has 0 amide bonds. The Morgan fingerprint density at radius 1 is 1.29 bits per heavy atom. The van der Waals surface area contributed by atoms with Crippen molar-refractivity contribution < 1.29 is 17.9 Å². The summed E-state index contributed by atoms with van der Waals surface area (Å²) in [6, 6.07) is 1.47. The van der Waals surface area contributed by atoms with Gasteiger partial charge in [0.25, 0.3) is 0 Å². The Labute approximate surface area is 119 Å². The van der Waals surface area contributed by atoms with Gasteiger partial charge in [-0.1, -0.05) is 0 Å². The lowest BCUT2D eigenvalue weighted by Gasteiger charge is -2.19. The number of ether oxygens (including phenoxy) is 1. The first-order valence-corrected chi connectivity index (χ1v) is 6.58. The molecule has 2 heterocycles. The van der Waals surface area contributed by atoms with E-state index in [2.05, 4.69) is 4.98 Å². The second kappa shape index (κ2) is 5.50. The van der Waals surface area contributed by atoms with Crippen LogP contribution in [0.25, 0.3) is 5.69 Å². The van der Waals surface area contributed by atoms with Crippen LogP contribution in [0.5, 0.6) is 0 Å². The molecule has 1 fully saturated rings. The predicted octanol–water partition coefficient (Wildman–Crippen LogP) is 2.33. The van der Waals surface area contributed by atoms with Gasteiger partial charge in [0.05, 0.1) is 36.6 Å². The molecule has 2 unspecified atom stereocenters. The minimum absolute atomic E-state index is 0.121. The van der Waals surface area contributed by atoms with Crippen LogP contribution in [0.3, 0.4) is 0 Å². The van der Waals surface area contributed by atoms with E-state index in [-0.39, 0.29) is 17.6 Å². The molecule has 112 valence electrons. The third-order valence-electron chi connectivity index (χ3n) is 3.73. The number of nitrogens with zero attached hydrogens (tertiary/aromatic N) is 2. The molecule has 0 spiro atoms. The van der Waals surface area contributed by atoms with Crippen molar-refractivity contribution in [3.63, 3.8) is 0 Å². The summed E-state index contributed by atoms with van der Waals surface area (Å²) in [5.74, 6) is -3.87. The van der Waals surface area contributed by atoms with Gasteiger partial charge in [-0.3, -0.25) is 0 Å². The Bertz CT molecular complexity index is 630. The van der Waals surface area contributed by atoms with Crippen LogP contribution in [0.1, 0.15) is 18.2 Å². The summed E-state index contributed by atoms with van der Waals surface area (Å²) < 4.78 is 46.5. The van der Waals surface area contributed by atoms with Crippen LogP contribution >= 0.6 is 0 Å². The highest BCUT2D eigenvalue weighted by atomic mass is 19.2. The van der Waals surface area contributed by atoms with E-state index >= 15 is 0 Å². The molecule has 1 saturated heterocycles. The SMILES string of the molecule is NC(c1cncn1-c1cc(F)c(F)c(F)c1)C1CCOC1. The van der Waals surface area contributed by atoms with E-state index in [9.17, 15) is 13.2 Å². The van der Waals surface area contributed by atoms with Crippen molar-refractivity contribution in [2.75, 3.05) is 13.2 Å². The highest BCUT2D eigenvalue weighted by Gasteiger charge is 2.27. The van der Waals surface area contributed by atoms with Crippen LogP contribution in [0.2, 0.25) is 0 Å². The van der Waals surface area contributed by atoms with Crippen LogP contribution < -0.4 is 5.73 Å². The maximum Gasteiger partial charge on any atom is 0.194 e. The van der Waals surface area contributed by atoms with Gasteiger partial charge in [-0.2, -0.15) is 0 Å². The van der Waals surface area contributed by atoms with Crippen molar-refractivity contribution >= 4 is 0 Å². The zero-order valence-corrected chi connectivity index (χ0v) is 11.1. The average molecular weight is 297 g/mol. The molecule has 1 aromatic carbocycles. The van der Waals surface area contributed by atoms with E-state index in [1.165, 1.54) is 10.9 Å². The van der Waals surface area contributed by atoms with E-state index in [1.54, 1.807) is 6.20 Å². The molecular formula is C14H14F3N3O. The minimum atomic E-state index is -1.49. The summed E-state index contributed by atoms with van der Waals surface area (Å²) in [5, 5.41) is 0. The smallest absolute Gasteiger partial charge is 0.194 e. The fraction of sp³-hybridized carbons (Fsp3) is 0.357. The second-order valence-corrected chi connectivity index (χ2v) is 5.06. The van der Waals surface area contributed by atoms with Gasteiger partial charge >= 0.3 is 0 Å². The van der Waals surface area contributed by atoms with Gasteiger partial charge in [-0.15, -0.1) is 0 Å². The molecule has 1 aliphatic rings. The molecule has 3 rings (SSSR count). The van der Waals surface area contributed by atoms with Crippen molar-refractivity contribution in [2.24, 2.45) is 11.7 Å². The van der Waals surface area contributed by atoms with Gasteiger partial charge in [0.15, 0.2) is 17.5 Å². The number of imidazole rings is 1. The molecule has 21 heavy (non-hydrogen) atoms. The van der Waals surface area contributed by atoms with E-state index in [0.717, 1.165) is 18.6 Å². The van der Waals surface area contributed by atoms with E-state index < -0.39 is 17.5 Å². The van der Waals surface area contributed by atoms with Crippen LogP contribution in [0.4, 0.5) is 13.2 Å². The summed E-state index contributed by atoms with van der Waals surface area (Å²) in [6.07, 6.45) is 3.76. The fourth-order valence-corrected chi connectivity index (χ4v) is 2.53. The highest BCUT2D eigenvalue weighted by molar-refractivity contribution is 5.36. The summed E-state index contributed by atoms with van der Waals surface area (Å²) >= 11 is 0. The first-order chi connectivity index (χ1) is 10.1. The van der Waals surface area contributed by atoms with Crippen molar-refractivity contribution in [3.8, 4) is 5.69 Å². The van der Waals surface area contributed by atoms with Crippen molar-refractivity contribution in [3.05, 3.63) is 47.8 Å².